The molecule has 8 heteroatoms. The van der Waals surface area contributed by atoms with Gasteiger partial charge in [0.05, 0.1) is 13.0 Å². The smallest absolute Gasteiger partial charge is 0.246 e. The molecule has 0 saturated carbocycles. The quantitative estimate of drug-likeness (QED) is 0.684. The topological polar surface area (TPSA) is 78.9 Å². The molecule has 0 amide bonds. The second-order valence-electron chi connectivity index (χ2n) is 4.18. The van der Waals surface area contributed by atoms with Crippen LogP contribution in [-0.2, 0) is 12.4 Å². The summed E-state index contributed by atoms with van der Waals surface area (Å²) < 4.78 is 12.1. The number of ether oxygens (including phenoxy) is 1. The maximum Gasteiger partial charge on any atom is 0.246 e. The van der Waals surface area contributed by atoms with Crippen LogP contribution < -0.4 is 4.74 Å². The fraction of sp³-hybridized carbons (Fsp3) is 0.333. The zero-order chi connectivity index (χ0) is 14.1. The van der Waals surface area contributed by atoms with Crippen molar-refractivity contribution in [3.05, 3.63) is 29.7 Å². The third kappa shape index (κ3) is 2.20. The zero-order valence-corrected chi connectivity index (χ0v) is 11.8. The van der Waals surface area contributed by atoms with E-state index < -0.39 is 0 Å². The highest BCUT2D eigenvalue weighted by Gasteiger charge is 2.15. The van der Waals surface area contributed by atoms with E-state index in [1.54, 1.807) is 20.1 Å². The van der Waals surface area contributed by atoms with Crippen LogP contribution >= 0.6 is 11.6 Å². The molecule has 0 bridgehead atoms. The van der Waals surface area contributed by atoms with Gasteiger partial charge in [-0.25, -0.2) is 4.98 Å². The van der Waals surface area contributed by atoms with Crippen LogP contribution in [0.25, 0.3) is 11.2 Å². The molecule has 0 N–H and O–H groups in total. The van der Waals surface area contributed by atoms with Crippen LogP contribution in [0.4, 0.5) is 0 Å². The van der Waals surface area contributed by atoms with E-state index >= 15 is 0 Å². The maximum absolute atomic E-state index is 5.94. The minimum absolute atomic E-state index is 0.270. The first-order valence-electron chi connectivity index (χ1n) is 5.96. The van der Waals surface area contributed by atoms with E-state index in [-0.39, 0.29) is 5.88 Å². The second kappa shape index (κ2) is 5.09. The first kappa shape index (κ1) is 12.9. The number of methoxy groups -OCH3 is 1. The second-order valence-corrected chi connectivity index (χ2v) is 4.45. The van der Waals surface area contributed by atoms with Gasteiger partial charge in [0.1, 0.15) is 17.9 Å². The minimum Gasteiger partial charge on any atom is -0.481 e. The monoisotopic (exact) mass is 293 g/mol. The van der Waals surface area contributed by atoms with E-state index in [1.807, 2.05) is 10.6 Å². The van der Waals surface area contributed by atoms with Gasteiger partial charge in [-0.1, -0.05) is 5.16 Å². The molecule has 0 atom stereocenters. The number of imidazole rings is 1. The summed E-state index contributed by atoms with van der Waals surface area (Å²) in [5, 5.41) is 3.77. The van der Waals surface area contributed by atoms with Crippen LogP contribution in [0.3, 0.4) is 0 Å². The molecule has 0 aliphatic heterocycles. The molecular formula is C12H12ClN5O2. The lowest BCUT2D eigenvalue weighted by molar-refractivity contribution is 0.367. The van der Waals surface area contributed by atoms with Crippen molar-refractivity contribution in [1.29, 1.82) is 0 Å². The van der Waals surface area contributed by atoms with Crippen LogP contribution in [0.5, 0.6) is 5.88 Å². The van der Waals surface area contributed by atoms with Gasteiger partial charge in [-0.15, -0.1) is 11.6 Å². The molecule has 3 heterocycles. The molecule has 0 unspecified atom stereocenters. The summed E-state index contributed by atoms with van der Waals surface area (Å²) in [5.41, 5.74) is 1.42. The van der Waals surface area contributed by atoms with E-state index in [1.165, 1.54) is 0 Å². The molecule has 3 rings (SSSR count). The molecule has 3 aromatic rings. The molecular weight excluding hydrogens is 282 g/mol. The largest absolute Gasteiger partial charge is 0.481 e. The van der Waals surface area contributed by atoms with Gasteiger partial charge in [-0.3, -0.25) is 0 Å². The summed E-state index contributed by atoms with van der Waals surface area (Å²) in [6, 6.07) is 3.60. The van der Waals surface area contributed by atoms with Gasteiger partial charge < -0.3 is 13.8 Å². The third-order valence-electron chi connectivity index (χ3n) is 2.84. The Morgan fingerprint density at radius 3 is 2.80 bits per heavy atom. The molecule has 0 radical (unpaired) electrons. The number of hydrogen-bond donors (Lipinski definition) is 0. The lowest BCUT2D eigenvalue weighted by Gasteiger charge is -2.04. The Morgan fingerprint density at radius 1 is 1.30 bits per heavy atom. The Balaban J connectivity index is 2.10. The van der Waals surface area contributed by atoms with Gasteiger partial charge in [-0.05, 0) is 13.0 Å². The SMILES string of the molecule is COc1ccc2nc(CCl)n(Cc3nc(C)no3)c2n1. The standard InChI is InChI=1S/C12H12ClN5O2/c1-7-14-11(20-17-7)6-18-9(5-13)15-8-3-4-10(19-2)16-12(8)18/h3-4H,5-6H2,1-2H3. The predicted molar refractivity (Wildman–Crippen MR) is 71.8 cm³/mol. The number of fused-ring (bicyclic) bond motifs is 1. The number of hydrogen-bond acceptors (Lipinski definition) is 6. The van der Waals surface area contributed by atoms with Gasteiger partial charge in [0, 0.05) is 6.07 Å². The average molecular weight is 294 g/mol. The summed E-state index contributed by atoms with van der Waals surface area (Å²) >= 11 is 5.94. The number of aromatic nitrogens is 5. The van der Waals surface area contributed by atoms with Crippen molar-refractivity contribution < 1.29 is 9.26 Å². The molecule has 3 aromatic heterocycles. The molecule has 0 fully saturated rings. The van der Waals surface area contributed by atoms with Gasteiger partial charge in [0.2, 0.25) is 11.8 Å². The van der Waals surface area contributed by atoms with Crippen LogP contribution in [0.1, 0.15) is 17.5 Å². The lowest BCUT2D eigenvalue weighted by Crippen LogP contribution is -2.05. The van der Waals surface area contributed by atoms with Crippen LogP contribution in [0, 0.1) is 6.92 Å². The fourth-order valence-corrected chi connectivity index (χ4v) is 2.16. The van der Waals surface area contributed by atoms with Gasteiger partial charge in [0.15, 0.2) is 11.5 Å². The highest BCUT2D eigenvalue weighted by Crippen LogP contribution is 2.20. The van der Waals surface area contributed by atoms with Crippen LogP contribution in [0.15, 0.2) is 16.7 Å². The summed E-state index contributed by atoms with van der Waals surface area (Å²) in [4.78, 5) is 13.0. The number of aryl methyl sites for hydroxylation is 1. The van der Waals surface area contributed by atoms with Gasteiger partial charge in [0.25, 0.3) is 0 Å². The van der Waals surface area contributed by atoms with E-state index in [0.29, 0.717) is 35.6 Å². The maximum atomic E-state index is 5.94. The molecule has 0 aliphatic carbocycles. The third-order valence-corrected chi connectivity index (χ3v) is 3.08. The molecule has 0 aromatic carbocycles. The summed E-state index contributed by atoms with van der Waals surface area (Å²) in [7, 11) is 1.57. The van der Waals surface area contributed by atoms with Crippen molar-refractivity contribution in [3.63, 3.8) is 0 Å². The minimum atomic E-state index is 0.270. The Hall–Kier alpha value is -2.15. The highest BCUT2D eigenvalue weighted by molar-refractivity contribution is 6.16. The van der Waals surface area contributed by atoms with Gasteiger partial charge in [-0.2, -0.15) is 9.97 Å². The van der Waals surface area contributed by atoms with Crippen molar-refractivity contribution in [2.45, 2.75) is 19.3 Å². The number of nitrogens with zero attached hydrogens (tertiary/aromatic N) is 5. The molecule has 7 nitrogen and oxygen atoms in total. The normalized spacial score (nSPS) is 11.2. The van der Waals surface area contributed by atoms with Crippen molar-refractivity contribution in [2.24, 2.45) is 0 Å². The van der Waals surface area contributed by atoms with E-state index in [4.69, 9.17) is 20.9 Å². The Bertz CT molecular complexity index is 751. The van der Waals surface area contributed by atoms with E-state index in [2.05, 4.69) is 20.1 Å². The van der Waals surface area contributed by atoms with E-state index in [9.17, 15) is 0 Å². The molecule has 0 spiro atoms. The number of rotatable bonds is 4. The fourth-order valence-electron chi connectivity index (χ4n) is 1.95. The lowest BCUT2D eigenvalue weighted by atomic mass is 10.4. The highest BCUT2D eigenvalue weighted by atomic mass is 35.5. The van der Waals surface area contributed by atoms with Gasteiger partial charge >= 0.3 is 0 Å². The average Bonchev–Trinajstić information content (AvgIpc) is 3.03. The Labute approximate surface area is 119 Å². The Kier molecular flexibility index (Phi) is 3.27. The van der Waals surface area contributed by atoms with E-state index in [0.717, 1.165) is 5.52 Å². The number of alkyl halides is 1. The molecule has 20 heavy (non-hydrogen) atoms. The Morgan fingerprint density at radius 2 is 2.15 bits per heavy atom. The summed E-state index contributed by atoms with van der Waals surface area (Å²) in [5.74, 6) is 2.55. The van der Waals surface area contributed by atoms with Crippen LogP contribution in [0.2, 0.25) is 0 Å². The summed E-state index contributed by atoms with van der Waals surface area (Å²) in [6.07, 6.45) is 0. The molecule has 0 aliphatic rings. The number of pyridine rings is 1. The molecule has 0 saturated heterocycles. The number of halogens is 1. The van der Waals surface area contributed by atoms with Crippen molar-refractivity contribution >= 4 is 22.8 Å². The zero-order valence-electron chi connectivity index (χ0n) is 11.0. The van der Waals surface area contributed by atoms with Crippen LogP contribution in [-0.4, -0.2) is 31.8 Å². The first-order valence-corrected chi connectivity index (χ1v) is 6.50. The summed E-state index contributed by atoms with van der Waals surface area (Å²) in [6.45, 7) is 2.14. The first-order chi connectivity index (χ1) is 9.71. The van der Waals surface area contributed by atoms with Crippen molar-refractivity contribution in [3.8, 4) is 5.88 Å². The molecule has 104 valence electrons. The van der Waals surface area contributed by atoms with Crippen molar-refractivity contribution in [2.75, 3.05) is 7.11 Å². The predicted octanol–water partition coefficient (Wildman–Crippen LogP) is 1.92. The van der Waals surface area contributed by atoms with Crippen molar-refractivity contribution in [1.82, 2.24) is 24.7 Å².